The van der Waals surface area contributed by atoms with E-state index >= 15 is 0 Å². The molecule has 101 valence electrons. The molecule has 2 unspecified atom stereocenters. The zero-order valence-corrected chi connectivity index (χ0v) is 9.60. The van der Waals surface area contributed by atoms with Crippen molar-refractivity contribution in [2.75, 3.05) is 0 Å². The van der Waals surface area contributed by atoms with Gasteiger partial charge >= 0.3 is 0 Å². The fourth-order valence-electron chi connectivity index (χ4n) is 0.258. The van der Waals surface area contributed by atoms with E-state index in [2.05, 4.69) is 11.2 Å². The van der Waals surface area contributed by atoms with Crippen molar-refractivity contribution in [1.29, 1.82) is 0 Å². The molecule has 0 aliphatic heterocycles. The Bertz CT molecular complexity index is 298. The van der Waals surface area contributed by atoms with Crippen LogP contribution in [-0.2, 0) is 46.9 Å². The molecular formula is C4H4CuO9S2-4. The standard InChI is InChI=1S/C4H6O6.Cu.H2O3S2/c5-1(3(7)8)2(6)4(9)10;;1-5(2,3)4/h1-2,5-6H,(H,7,8)(H,9,10);;(H2,1,2,3,4)/p-4. The average molecular weight is 324 g/mol. The van der Waals surface area contributed by atoms with Gasteiger partial charge in [-0.2, -0.15) is 0 Å². The van der Waals surface area contributed by atoms with E-state index in [9.17, 15) is 19.8 Å². The molecule has 0 fully saturated rings. The summed E-state index contributed by atoms with van der Waals surface area (Å²) in [5, 5.41) is 35.7. The predicted octanol–water partition coefficient (Wildman–Crippen LogP) is -5.80. The van der Waals surface area contributed by atoms with E-state index in [1.54, 1.807) is 0 Å². The van der Waals surface area contributed by atoms with E-state index < -0.39 is 33.2 Å². The van der Waals surface area contributed by atoms with Gasteiger partial charge in [0, 0.05) is 17.1 Å². The second kappa shape index (κ2) is 8.78. The van der Waals surface area contributed by atoms with Crippen molar-refractivity contribution >= 4 is 32.2 Å². The van der Waals surface area contributed by atoms with Gasteiger partial charge in [-0.1, -0.05) is 0 Å². The smallest absolute Gasteiger partial charge is 0.124 e. The molecule has 0 spiro atoms. The number of hydrogen-bond acceptors (Lipinski definition) is 10. The van der Waals surface area contributed by atoms with Gasteiger partial charge in [-0.3, -0.25) is 4.21 Å². The van der Waals surface area contributed by atoms with Gasteiger partial charge in [0.15, 0.2) is 0 Å². The maximum Gasteiger partial charge on any atom is 0.124 e. The molecule has 2 N–H and O–H groups in total. The summed E-state index contributed by atoms with van der Waals surface area (Å²) in [6.45, 7) is 0. The molecule has 2 atom stereocenters. The van der Waals surface area contributed by atoms with Gasteiger partial charge in [-0.25, -0.2) is 0 Å². The zero-order valence-electron chi connectivity index (χ0n) is 7.02. The van der Waals surface area contributed by atoms with E-state index in [0.717, 1.165) is 0 Å². The number of carbonyl (C=O) groups is 2. The molecule has 0 aromatic heterocycles. The zero-order chi connectivity index (χ0) is 12.8. The van der Waals surface area contributed by atoms with Crippen molar-refractivity contribution in [1.82, 2.24) is 0 Å². The Morgan fingerprint density at radius 2 is 1.19 bits per heavy atom. The van der Waals surface area contributed by atoms with Gasteiger partial charge < -0.3 is 39.1 Å². The summed E-state index contributed by atoms with van der Waals surface area (Å²) in [6.07, 6.45) is -4.88. The van der Waals surface area contributed by atoms with Gasteiger partial charge in [0.2, 0.25) is 0 Å². The monoisotopic (exact) mass is 323 g/mol. The first kappa shape index (κ1) is 21.0. The van der Waals surface area contributed by atoms with Gasteiger partial charge in [-0.05, 0) is 11.2 Å². The predicted molar refractivity (Wildman–Crippen MR) is 39.1 cm³/mol. The molecule has 0 heterocycles. The molecule has 0 saturated heterocycles. The van der Waals surface area contributed by atoms with Crippen LogP contribution in [0.5, 0.6) is 0 Å². The Morgan fingerprint density at radius 3 is 1.25 bits per heavy atom. The molecule has 0 amide bonds. The third kappa shape index (κ3) is 16.1. The Balaban J connectivity index is -0.000000242. The van der Waals surface area contributed by atoms with Gasteiger partial charge in [-0.15, -0.1) is 9.05 Å². The van der Waals surface area contributed by atoms with Crippen molar-refractivity contribution in [2.45, 2.75) is 12.2 Å². The van der Waals surface area contributed by atoms with Crippen LogP contribution in [0.3, 0.4) is 0 Å². The molecule has 0 saturated carbocycles. The summed E-state index contributed by atoms with van der Waals surface area (Å²) in [6, 6.07) is 0. The summed E-state index contributed by atoms with van der Waals surface area (Å²) in [5.41, 5.74) is 0. The third-order valence-corrected chi connectivity index (χ3v) is 0.782. The van der Waals surface area contributed by atoms with Crippen molar-refractivity contribution in [3.05, 3.63) is 0 Å². The van der Waals surface area contributed by atoms with E-state index in [0.29, 0.717) is 0 Å². The largest absolute Gasteiger partial charge is 0.780 e. The number of carboxylic acid groups (broad SMARTS) is 2. The molecule has 9 nitrogen and oxygen atoms in total. The van der Waals surface area contributed by atoms with Crippen LogP contribution in [0, 0.1) is 0 Å². The quantitative estimate of drug-likeness (QED) is 0.474. The van der Waals surface area contributed by atoms with Crippen LogP contribution >= 0.6 is 0 Å². The van der Waals surface area contributed by atoms with Gasteiger partial charge in [0.05, 0.1) is 11.9 Å². The first-order valence-corrected chi connectivity index (χ1v) is 5.24. The number of carboxylic acids is 2. The Labute approximate surface area is 105 Å². The molecule has 0 rings (SSSR count). The van der Waals surface area contributed by atoms with Crippen LogP contribution in [0.15, 0.2) is 0 Å². The maximum atomic E-state index is 9.63. The van der Waals surface area contributed by atoms with Crippen molar-refractivity contribution in [3.63, 3.8) is 0 Å². The molecule has 0 aliphatic rings. The molecular weight excluding hydrogens is 320 g/mol. The minimum Gasteiger partial charge on any atom is -0.780 e. The van der Waals surface area contributed by atoms with Crippen LogP contribution in [-0.4, -0.2) is 47.7 Å². The number of carbonyl (C=O) groups excluding carboxylic acids is 2. The fourth-order valence-corrected chi connectivity index (χ4v) is 0.258. The van der Waals surface area contributed by atoms with Crippen LogP contribution in [0.1, 0.15) is 0 Å². The Kier molecular flexibility index (Phi) is 11.5. The molecule has 0 aromatic rings. The topological polar surface area (TPSA) is 184 Å². The van der Waals surface area contributed by atoms with E-state index in [1.165, 1.54) is 0 Å². The number of hydrogen-bond donors (Lipinski definition) is 2. The van der Waals surface area contributed by atoms with Crippen molar-refractivity contribution in [3.8, 4) is 0 Å². The molecule has 1 radical (unpaired) electrons. The summed E-state index contributed by atoms with van der Waals surface area (Å²) < 4.78 is 26.7. The van der Waals surface area contributed by atoms with E-state index in [4.69, 9.17) is 23.5 Å². The summed E-state index contributed by atoms with van der Waals surface area (Å²) in [5.74, 6) is -4.12. The number of rotatable bonds is 3. The second-order valence-electron chi connectivity index (χ2n) is 1.94. The maximum absolute atomic E-state index is 9.63. The molecule has 12 heteroatoms. The number of aliphatic hydroxyl groups is 2. The Morgan fingerprint density at radius 1 is 1.06 bits per heavy atom. The minimum atomic E-state index is -4.33. The van der Waals surface area contributed by atoms with Crippen LogP contribution in [0.4, 0.5) is 0 Å². The van der Waals surface area contributed by atoms with Crippen LogP contribution < -0.4 is 10.2 Å². The fraction of sp³-hybridized carbons (Fsp3) is 0.500. The molecule has 0 aromatic carbocycles. The summed E-state index contributed by atoms with van der Waals surface area (Å²) in [7, 11) is -4.33. The number of aliphatic carboxylic acids is 2. The molecule has 0 aliphatic carbocycles. The first-order chi connectivity index (χ1) is 6.46. The SMILES string of the molecule is O=C([O-])C(O)C(O)C(=O)[O-].O=S([O-])([O-])=S.[Cu]. The minimum absolute atomic E-state index is 0. The number of aliphatic hydroxyl groups excluding tert-OH is 2. The Hall–Kier alpha value is -0.331. The van der Waals surface area contributed by atoms with Crippen LogP contribution in [0.2, 0.25) is 0 Å². The van der Waals surface area contributed by atoms with E-state index in [1.807, 2.05) is 0 Å². The normalized spacial score (nSPS) is 13.5. The summed E-state index contributed by atoms with van der Waals surface area (Å²) in [4.78, 5) is 19.3. The summed E-state index contributed by atoms with van der Waals surface area (Å²) >= 11 is 3.24. The van der Waals surface area contributed by atoms with Gasteiger partial charge in [0.25, 0.3) is 0 Å². The van der Waals surface area contributed by atoms with Crippen molar-refractivity contribution < 1.29 is 60.4 Å². The van der Waals surface area contributed by atoms with E-state index in [-0.39, 0.29) is 17.1 Å². The van der Waals surface area contributed by atoms with Gasteiger partial charge in [0.1, 0.15) is 12.2 Å². The third-order valence-electron chi connectivity index (χ3n) is 0.782. The van der Waals surface area contributed by atoms with Crippen molar-refractivity contribution in [2.24, 2.45) is 0 Å². The molecule has 16 heavy (non-hydrogen) atoms. The first-order valence-electron chi connectivity index (χ1n) is 2.91. The average Bonchev–Trinajstić information content (AvgIpc) is 1.98. The van der Waals surface area contributed by atoms with Crippen LogP contribution in [0.25, 0.3) is 0 Å². The molecule has 0 bridgehead atoms. The second-order valence-corrected chi connectivity index (χ2v) is 3.98.